The van der Waals surface area contributed by atoms with Gasteiger partial charge < -0.3 is 9.47 Å². The second kappa shape index (κ2) is 8.27. The zero-order chi connectivity index (χ0) is 16.6. The third-order valence-corrected chi connectivity index (χ3v) is 5.66. The van der Waals surface area contributed by atoms with Crippen molar-refractivity contribution in [2.45, 2.75) is 14.7 Å². The van der Waals surface area contributed by atoms with Gasteiger partial charge in [0.1, 0.15) is 5.75 Å². The van der Waals surface area contributed by atoms with Crippen LogP contribution in [0.5, 0.6) is 5.75 Å². The SMILES string of the molecule is C=COCOc1ccc([S+](c2ccccc2)c2ccccc2)cc1. The zero-order valence-corrected chi connectivity index (χ0v) is 14.1. The number of hydrogen-bond donors (Lipinski definition) is 0. The van der Waals surface area contributed by atoms with Gasteiger partial charge in [0.05, 0.1) is 17.2 Å². The van der Waals surface area contributed by atoms with Gasteiger partial charge in [0.2, 0.25) is 6.79 Å². The number of hydrogen-bond acceptors (Lipinski definition) is 2. The summed E-state index contributed by atoms with van der Waals surface area (Å²) >= 11 is 0. The smallest absolute Gasteiger partial charge is 0.229 e. The molecule has 0 radical (unpaired) electrons. The van der Waals surface area contributed by atoms with Gasteiger partial charge in [-0.05, 0) is 48.5 Å². The summed E-state index contributed by atoms with van der Waals surface area (Å²) in [5.41, 5.74) is 0. The van der Waals surface area contributed by atoms with Crippen molar-refractivity contribution in [2.75, 3.05) is 6.79 Å². The molecule has 0 bridgehead atoms. The molecule has 0 saturated carbocycles. The minimum Gasteiger partial charge on any atom is -0.466 e. The van der Waals surface area contributed by atoms with Gasteiger partial charge in [0.25, 0.3) is 0 Å². The summed E-state index contributed by atoms with van der Waals surface area (Å²) in [6, 6.07) is 29.3. The largest absolute Gasteiger partial charge is 0.466 e. The van der Waals surface area contributed by atoms with Crippen molar-refractivity contribution < 1.29 is 9.47 Å². The molecule has 0 aromatic heterocycles. The highest BCUT2D eigenvalue weighted by Crippen LogP contribution is 2.31. The van der Waals surface area contributed by atoms with Crippen LogP contribution < -0.4 is 4.74 Å². The molecule has 0 aliphatic carbocycles. The number of benzene rings is 3. The van der Waals surface area contributed by atoms with Crippen molar-refractivity contribution in [3.05, 3.63) is 97.8 Å². The maximum absolute atomic E-state index is 5.50. The molecule has 0 aliphatic heterocycles. The molecular weight excluding hydrogens is 316 g/mol. The average Bonchev–Trinajstić information content (AvgIpc) is 2.65. The molecule has 3 aromatic rings. The van der Waals surface area contributed by atoms with Gasteiger partial charge in [0, 0.05) is 0 Å². The first-order valence-electron chi connectivity index (χ1n) is 7.68. The van der Waals surface area contributed by atoms with E-state index < -0.39 is 0 Å². The van der Waals surface area contributed by atoms with E-state index in [1.54, 1.807) is 0 Å². The van der Waals surface area contributed by atoms with Crippen LogP contribution in [0.15, 0.2) is 112 Å². The standard InChI is InChI=1S/C21H19O2S/c1-2-22-17-23-18-13-15-21(16-14-18)24(19-9-5-3-6-10-19)20-11-7-4-8-12-20/h2-16H,1,17H2/q+1. The van der Waals surface area contributed by atoms with E-state index in [0.29, 0.717) is 0 Å². The summed E-state index contributed by atoms with van der Waals surface area (Å²) in [7, 11) is -0.133. The predicted octanol–water partition coefficient (Wildman–Crippen LogP) is 5.28. The summed E-state index contributed by atoms with van der Waals surface area (Å²) in [4.78, 5) is 3.85. The third-order valence-electron chi connectivity index (χ3n) is 3.43. The molecular formula is C21H19O2S+. The van der Waals surface area contributed by atoms with Crippen LogP contribution in [-0.2, 0) is 15.6 Å². The fraction of sp³-hybridized carbons (Fsp3) is 0.0476. The molecule has 0 aliphatic rings. The summed E-state index contributed by atoms with van der Waals surface area (Å²) in [5.74, 6) is 0.783. The second-order valence-electron chi connectivity index (χ2n) is 5.00. The highest BCUT2D eigenvalue weighted by Gasteiger charge is 2.28. The summed E-state index contributed by atoms with van der Waals surface area (Å²) in [6.07, 6.45) is 1.37. The lowest BCUT2D eigenvalue weighted by molar-refractivity contribution is 0.0806. The molecule has 0 spiro atoms. The Hall–Kier alpha value is -2.65. The van der Waals surface area contributed by atoms with E-state index >= 15 is 0 Å². The van der Waals surface area contributed by atoms with Crippen LogP contribution in [-0.4, -0.2) is 6.79 Å². The number of ether oxygens (including phenoxy) is 2. The summed E-state index contributed by atoms with van der Waals surface area (Å²) < 4.78 is 10.5. The Morgan fingerprint density at radius 1 is 0.708 bits per heavy atom. The van der Waals surface area contributed by atoms with E-state index in [2.05, 4.69) is 67.2 Å². The Bertz CT molecular complexity index is 715. The first kappa shape index (κ1) is 16.2. The van der Waals surface area contributed by atoms with Gasteiger partial charge in [-0.15, -0.1) is 0 Å². The monoisotopic (exact) mass is 335 g/mol. The molecule has 0 atom stereocenters. The van der Waals surface area contributed by atoms with Crippen molar-refractivity contribution in [3.8, 4) is 5.75 Å². The van der Waals surface area contributed by atoms with Crippen LogP contribution in [0.4, 0.5) is 0 Å². The van der Waals surface area contributed by atoms with Gasteiger partial charge in [-0.25, -0.2) is 0 Å². The molecule has 120 valence electrons. The van der Waals surface area contributed by atoms with Crippen LogP contribution >= 0.6 is 0 Å². The molecule has 0 amide bonds. The van der Waals surface area contributed by atoms with Crippen LogP contribution in [0.2, 0.25) is 0 Å². The number of rotatable bonds is 7. The molecule has 3 aromatic carbocycles. The molecule has 0 saturated heterocycles. The van der Waals surface area contributed by atoms with Crippen LogP contribution in [0.3, 0.4) is 0 Å². The van der Waals surface area contributed by atoms with E-state index in [1.165, 1.54) is 20.9 Å². The predicted molar refractivity (Wildman–Crippen MR) is 98.3 cm³/mol. The van der Waals surface area contributed by atoms with Gasteiger partial charge in [-0.1, -0.05) is 43.0 Å². The summed E-state index contributed by atoms with van der Waals surface area (Å²) in [6.45, 7) is 3.67. The van der Waals surface area contributed by atoms with Crippen LogP contribution in [0.25, 0.3) is 0 Å². The Morgan fingerprint density at radius 3 is 1.71 bits per heavy atom. The molecule has 0 heterocycles. The molecule has 0 N–H and O–H groups in total. The topological polar surface area (TPSA) is 18.5 Å². The normalized spacial score (nSPS) is 10.4. The van der Waals surface area contributed by atoms with Gasteiger partial charge >= 0.3 is 0 Å². The lowest BCUT2D eigenvalue weighted by atomic mass is 10.3. The molecule has 0 fully saturated rings. The maximum atomic E-state index is 5.50. The van der Waals surface area contributed by atoms with Crippen LogP contribution in [0, 0.1) is 0 Å². The van der Waals surface area contributed by atoms with E-state index in [0.717, 1.165) is 5.75 Å². The molecule has 3 rings (SSSR count). The Morgan fingerprint density at radius 2 is 1.21 bits per heavy atom. The van der Waals surface area contributed by atoms with Gasteiger partial charge in [0.15, 0.2) is 14.7 Å². The fourth-order valence-electron chi connectivity index (χ4n) is 2.34. The average molecular weight is 335 g/mol. The molecule has 3 heteroatoms. The second-order valence-corrected chi connectivity index (χ2v) is 7.03. The van der Waals surface area contributed by atoms with Crippen molar-refractivity contribution >= 4 is 10.9 Å². The van der Waals surface area contributed by atoms with Crippen molar-refractivity contribution in [2.24, 2.45) is 0 Å². The Labute approximate surface area is 145 Å². The van der Waals surface area contributed by atoms with Crippen LogP contribution in [0.1, 0.15) is 0 Å². The summed E-state index contributed by atoms with van der Waals surface area (Å²) in [5, 5.41) is 0. The first-order valence-corrected chi connectivity index (χ1v) is 8.91. The van der Waals surface area contributed by atoms with E-state index in [1.807, 2.05) is 24.3 Å². The minimum atomic E-state index is -0.133. The fourth-order valence-corrected chi connectivity index (χ4v) is 4.43. The zero-order valence-electron chi connectivity index (χ0n) is 13.3. The van der Waals surface area contributed by atoms with Crippen molar-refractivity contribution in [3.63, 3.8) is 0 Å². The van der Waals surface area contributed by atoms with E-state index in [4.69, 9.17) is 9.47 Å². The molecule has 0 unspecified atom stereocenters. The van der Waals surface area contributed by atoms with Gasteiger partial charge in [-0.3, -0.25) is 0 Å². The first-order chi connectivity index (χ1) is 11.9. The lowest BCUT2D eigenvalue weighted by Gasteiger charge is -2.09. The highest BCUT2D eigenvalue weighted by atomic mass is 32.2. The highest BCUT2D eigenvalue weighted by molar-refractivity contribution is 7.97. The quantitative estimate of drug-likeness (QED) is 0.253. The van der Waals surface area contributed by atoms with Gasteiger partial charge in [-0.2, -0.15) is 0 Å². The van der Waals surface area contributed by atoms with E-state index in [-0.39, 0.29) is 17.7 Å². The molecule has 2 nitrogen and oxygen atoms in total. The Balaban J connectivity index is 1.90. The van der Waals surface area contributed by atoms with Crippen molar-refractivity contribution in [1.29, 1.82) is 0 Å². The minimum absolute atomic E-state index is 0.133. The van der Waals surface area contributed by atoms with E-state index in [9.17, 15) is 0 Å². The van der Waals surface area contributed by atoms with Crippen molar-refractivity contribution in [1.82, 2.24) is 0 Å². The lowest BCUT2D eigenvalue weighted by Crippen LogP contribution is -2.05. The molecule has 24 heavy (non-hydrogen) atoms. The maximum Gasteiger partial charge on any atom is 0.229 e. The third kappa shape index (κ3) is 4.00. The Kier molecular flexibility index (Phi) is 5.59.